The molecule has 1 nitrogen and oxygen atoms in total. The Morgan fingerprint density at radius 2 is 1.64 bits per heavy atom. The van der Waals surface area contributed by atoms with E-state index in [-0.39, 0.29) is 11.5 Å². The van der Waals surface area contributed by atoms with Crippen LogP contribution >= 0.6 is 0 Å². The van der Waals surface area contributed by atoms with Crippen LogP contribution in [0.1, 0.15) is 30.9 Å². The number of ether oxygens (including phenoxy) is 1. The zero-order valence-electron chi connectivity index (χ0n) is 12.5. The van der Waals surface area contributed by atoms with Crippen LogP contribution in [0.4, 0.5) is 17.6 Å². The normalized spacial score (nSPS) is 11.8. The number of halogens is 4. The first kappa shape index (κ1) is 16.3. The molecule has 0 saturated heterocycles. The van der Waals surface area contributed by atoms with Gasteiger partial charge in [-0.25, -0.2) is 4.39 Å². The quantitative estimate of drug-likeness (QED) is 0.666. The van der Waals surface area contributed by atoms with Crippen molar-refractivity contribution in [2.24, 2.45) is 0 Å². The zero-order chi connectivity index (χ0) is 16.5. The van der Waals surface area contributed by atoms with E-state index in [9.17, 15) is 17.6 Å². The molecule has 0 saturated carbocycles. The monoisotopic (exact) mass is 312 g/mol. The molecule has 118 valence electrons. The summed E-state index contributed by atoms with van der Waals surface area (Å²) in [7, 11) is 1.44. The highest BCUT2D eigenvalue weighted by atomic mass is 19.4. The summed E-state index contributed by atoms with van der Waals surface area (Å²) in [6.45, 7) is 3.96. The predicted octanol–water partition coefficient (Wildman–Crippen LogP) is 5.64. The third-order valence-corrected chi connectivity index (χ3v) is 3.48. The van der Waals surface area contributed by atoms with E-state index < -0.39 is 17.6 Å². The molecule has 0 amide bonds. The Balaban J connectivity index is 2.58. The van der Waals surface area contributed by atoms with Crippen molar-refractivity contribution in [3.05, 3.63) is 53.3 Å². The Hall–Kier alpha value is -2.04. The molecule has 2 aromatic rings. The lowest BCUT2D eigenvalue weighted by Gasteiger charge is -2.14. The minimum absolute atomic E-state index is 0.0901. The van der Waals surface area contributed by atoms with Gasteiger partial charge in [0, 0.05) is 11.1 Å². The van der Waals surface area contributed by atoms with Crippen molar-refractivity contribution in [3.8, 4) is 16.9 Å². The molecule has 0 atom stereocenters. The third kappa shape index (κ3) is 3.24. The highest BCUT2D eigenvalue weighted by Gasteiger charge is 2.31. The second-order valence-corrected chi connectivity index (χ2v) is 5.31. The second-order valence-electron chi connectivity index (χ2n) is 5.31. The van der Waals surface area contributed by atoms with Gasteiger partial charge < -0.3 is 4.74 Å². The van der Waals surface area contributed by atoms with Crippen molar-refractivity contribution in [2.75, 3.05) is 7.11 Å². The van der Waals surface area contributed by atoms with Crippen LogP contribution in [-0.4, -0.2) is 7.11 Å². The molecule has 0 N–H and O–H groups in total. The molecule has 0 bridgehead atoms. The summed E-state index contributed by atoms with van der Waals surface area (Å²) < 4.78 is 57.2. The van der Waals surface area contributed by atoms with Crippen molar-refractivity contribution >= 4 is 0 Å². The number of hydrogen-bond donors (Lipinski definition) is 0. The Bertz CT molecular complexity index is 675. The van der Waals surface area contributed by atoms with Crippen LogP contribution in [0.15, 0.2) is 36.4 Å². The molecule has 0 radical (unpaired) electrons. The second kappa shape index (κ2) is 5.99. The summed E-state index contributed by atoms with van der Waals surface area (Å²) in [6, 6.07) is 7.82. The van der Waals surface area contributed by atoms with Crippen LogP contribution in [-0.2, 0) is 6.18 Å². The van der Waals surface area contributed by atoms with E-state index in [0.717, 1.165) is 17.7 Å². The van der Waals surface area contributed by atoms with E-state index >= 15 is 0 Å². The molecule has 0 fully saturated rings. The molecule has 5 heteroatoms. The van der Waals surface area contributed by atoms with Crippen molar-refractivity contribution in [3.63, 3.8) is 0 Å². The van der Waals surface area contributed by atoms with Gasteiger partial charge in [-0.1, -0.05) is 26.0 Å². The summed E-state index contributed by atoms with van der Waals surface area (Å²) in [4.78, 5) is 0. The summed E-state index contributed by atoms with van der Waals surface area (Å²) >= 11 is 0. The summed E-state index contributed by atoms with van der Waals surface area (Å²) in [5, 5.41) is 0. The molecule has 0 aromatic heterocycles. The van der Waals surface area contributed by atoms with Gasteiger partial charge in [0.15, 0.2) is 0 Å². The van der Waals surface area contributed by atoms with E-state index in [0.29, 0.717) is 17.4 Å². The van der Waals surface area contributed by atoms with Gasteiger partial charge in [-0.2, -0.15) is 13.2 Å². The average molecular weight is 312 g/mol. The highest BCUT2D eigenvalue weighted by Crippen LogP contribution is 2.37. The van der Waals surface area contributed by atoms with Gasteiger partial charge in [-0.15, -0.1) is 0 Å². The fourth-order valence-corrected chi connectivity index (χ4v) is 2.21. The summed E-state index contributed by atoms with van der Waals surface area (Å²) in [6.07, 6.45) is -4.57. The standard InChI is InChI=1S/C17H16F4O/c1-10(2)11-4-7-16(22-3)14(8-11)13-6-5-12(9-15(13)18)17(19,20)21/h4-10H,1-3H3. The predicted molar refractivity (Wildman–Crippen MR) is 77.5 cm³/mol. The van der Waals surface area contributed by atoms with E-state index in [4.69, 9.17) is 4.74 Å². The maximum Gasteiger partial charge on any atom is 0.416 e. The van der Waals surface area contributed by atoms with Gasteiger partial charge in [0.1, 0.15) is 11.6 Å². The molecule has 0 aliphatic heterocycles. The van der Waals surface area contributed by atoms with E-state index in [2.05, 4.69) is 0 Å². The average Bonchev–Trinajstić information content (AvgIpc) is 2.45. The Morgan fingerprint density at radius 1 is 0.955 bits per heavy atom. The Kier molecular flexibility index (Phi) is 4.44. The van der Waals surface area contributed by atoms with Crippen LogP contribution < -0.4 is 4.74 Å². The van der Waals surface area contributed by atoms with Gasteiger partial charge in [0.05, 0.1) is 12.7 Å². The molecule has 0 aliphatic carbocycles. The highest BCUT2D eigenvalue weighted by molar-refractivity contribution is 5.72. The maximum atomic E-state index is 14.2. The number of hydrogen-bond acceptors (Lipinski definition) is 1. The van der Waals surface area contributed by atoms with Crippen LogP contribution in [0.25, 0.3) is 11.1 Å². The topological polar surface area (TPSA) is 9.23 Å². The molecular weight excluding hydrogens is 296 g/mol. The molecule has 22 heavy (non-hydrogen) atoms. The number of rotatable bonds is 3. The fraction of sp³-hybridized carbons (Fsp3) is 0.294. The molecule has 0 heterocycles. The van der Waals surface area contributed by atoms with Crippen molar-refractivity contribution < 1.29 is 22.3 Å². The number of alkyl halides is 3. The first-order valence-electron chi connectivity index (χ1n) is 6.79. The number of benzene rings is 2. The van der Waals surface area contributed by atoms with E-state index in [1.807, 2.05) is 19.9 Å². The zero-order valence-corrected chi connectivity index (χ0v) is 12.5. The molecule has 2 rings (SSSR count). The van der Waals surface area contributed by atoms with Gasteiger partial charge in [0.25, 0.3) is 0 Å². The van der Waals surface area contributed by atoms with Gasteiger partial charge >= 0.3 is 6.18 Å². The smallest absolute Gasteiger partial charge is 0.416 e. The van der Waals surface area contributed by atoms with Crippen molar-refractivity contribution in [1.29, 1.82) is 0 Å². The lowest BCUT2D eigenvalue weighted by molar-refractivity contribution is -0.137. The van der Waals surface area contributed by atoms with E-state index in [1.165, 1.54) is 7.11 Å². The Labute approximate surface area is 126 Å². The molecular formula is C17H16F4O. The van der Waals surface area contributed by atoms with Gasteiger partial charge in [-0.05, 0) is 35.7 Å². The van der Waals surface area contributed by atoms with Crippen LogP contribution in [0.3, 0.4) is 0 Å². The van der Waals surface area contributed by atoms with Crippen LogP contribution in [0.5, 0.6) is 5.75 Å². The van der Waals surface area contributed by atoms with Gasteiger partial charge in [-0.3, -0.25) is 0 Å². The number of methoxy groups -OCH3 is 1. The molecule has 2 aromatic carbocycles. The Morgan fingerprint density at radius 3 is 2.14 bits per heavy atom. The van der Waals surface area contributed by atoms with Crippen molar-refractivity contribution in [1.82, 2.24) is 0 Å². The first-order chi connectivity index (χ1) is 10.2. The van der Waals surface area contributed by atoms with Gasteiger partial charge in [0.2, 0.25) is 0 Å². The largest absolute Gasteiger partial charge is 0.496 e. The maximum absolute atomic E-state index is 14.2. The lowest BCUT2D eigenvalue weighted by atomic mass is 9.95. The minimum atomic E-state index is -4.57. The minimum Gasteiger partial charge on any atom is -0.496 e. The SMILES string of the molecule is COc1ccc(C(C)C)cc1-c1ccc(C(F)(F)F)cc1F. The third-order valence-electron chi connectivity index (χ3n) is 3.48. The van der Waals surface area contributed by atoms with Crippen molar-refractivity contribution in [2.45, 2.75) is 25.9 Å². The first-order valence-corrected chi connectivity index (χ1v) is 6.79. The molecule has 0 spiro atoms. The molecule has 0 aliphatic rings. The fourth-order valence-electron chi connectivity index (χ4n) is 2.21. The van der Waals surface area contributed by atoms with Crippen LogP contribution in [0, 0.1) is 5.82 Å². The molecule has 0 unspecified atom stereocenters. The summed E-state index contributed by atoms with van der Waals surface area (Å²) in [5.74, 6) is -0.292. The van der Waals surface area contributed by atoms with E-state index in [1.54, 1.807) is 12.1 Å². The summed E-state index contributed by atoms with van der Waals surface area (Å²) in [5.41, 5.74) is 0.482. The van der Waals surface area contributed by atoms with Crippen LogP contribution in [0.2, 0.25) is 0 Å². The lowest BCUT2D eigenvalue weighted by Crippen LogP contribution is -2.05.